The van der Waals surface area contributed by atoms with Gasteiger partial charge >= 0.3 is 5.69 Å². The molecule has 0 unspecified atom stereocenters. The van der Waals surface area contributed by atoms with Gasteiger partial charge in [0.25, 0.3) is 5.91 Å². The topological polar surface area (TPSA) is 98.0 Å². The summed E-state index contributed by atoms with van der Waals surface area (Å²) in [5.74, 6) is -0.375. The van der Waals surface area contributed by atoms with Crippen LogP contribution in [0.4, 0.5) is 11.5 Å². The molecular formula is C12H9ClN4O3. The Morgan fingerprint density at radius 1 is 1.35 bits per heavy atom. The van der Waals surface area contributed by atoms with Gasteiger partial charge in [0.2, 0.25) is 5.15 Å². The maximum absolute atomic E-state index is 12.0. The Morgan fingerprint density at radius 2 is 2.10 bits per heavy atom. The smallest absolute Gasteiger partial charge is 0.306 e. The number of hydrogen-bond donors (Lipinski definition) is 1. The second kappa shape index (κ2) is 5.62. The third-order valence-electron chi connectivity index (χ3n) is 2.46. The molecule has 1 N–H and O–H groups in total. The highest BCUT2D eigenvalue weighted by atomic mass is 35.5. The molecule has 1 amide bonds. The first-order valence-corrected chi connectivity index (χ1v) is 5.89. The number of pyridine rings is 2. The Morgan fingerprint density at radius 3 is 2.70 bits per heavy atom. The molecule has 0 saturated heterocycles. The molecule has 0 aliphatic heterocycles. The van der Waals surface area contributed by atoms with Crippen LogP contribution in [0.3, 0.4) is 0 Å². The number of nitrogens with one attached hydrogen (secondary N) is 1. The summed E-state index contributed by atoms with van der Waals surface area (Å²) in [5, 5.41) is 13.1. The van der Waals surface area contributed by atoms with Crippen LogP contribution < -0.4 is 5.32 Å². The van der Waals surface area contributed by atoms with Crippen LogP contribution in [0.25, 0.3) is 0 Å². The van der Waals surface area contributed by atoms with Crippen molar-refractivity contribution in [1.29, 1.82) is 0 Å². The first kappa shape index (κ1) is 13.9. The summed E-state index contributed by atoms with van der Waals surface area (Å²) < 4.78 is 0. The van der Waals surface area contributed by atoms with Gasteiger partial charge in [-0.2, -0.15) is 0 Å². The molecule has 2 aromatic rings. The highest BCUT2D eigenvalue weighted by molar-refractivity contribution is 6.32. The molecule has 0 aliphatic carbocycles. The van der Waals surface area contributed by atoms with Gasteiger partial charge in [-0.3, -0.25) is 14.9 Å². The SMILES string of the molecule is Cc1ccc(NC(=O)c2ccnc(Cl)c2[N+](=O)[O-])nc1. The molecular weight excluding hydrogens is 284 g/mol. The van der Waals surface area contributed by atoms with Crippen molar-refractivity contribution in [2.45, 2.75) is 6.92 Å². The predicted octanol–water partition coefficient (Wildman–Crippen LogP) is 2.60. The van der Waals surface area contributed by atoms with E-state index in [9.17, 15) is 14.9 Å². The van der Waals surface area contributed by atoms with Crippen molar-refractivity contribution < 1.29 is 9.72 Å². The van der Waals surface area contributed by atoms with Gasteiger partial charge in [-0.1, -0.05) is 17.7 Å². The van der Waals surface area contributed by atoms with Crippen LogP contribution in [0.2, 0.25) is 5.15 Å². The normalized spacial score (nSPS) is 10.1. The highest BCUT2D eigenvalue weighted by Gasteiger charge is 2.24. The molecule has 0 saturated carbocycles. The minimum atomic E-state index is -0.743. The van der Waals surface area contributed by atoms with Gasteiger partial charge in [0.05, 0.1) is 4.92 Å². The van der Waals surface area contributed by atoms with Crippen LogP contribution in [-0.4, -0.2) is 20.8 Å². The first-order chi connectivity index (χ1) is 9.49. The summed E-state index contributed by atoms with van der Waals surface area (Å²) in [6.45, 7) is 1.85. The Balaban J connectivity index is 2.32. The van der Waals surface area contributed by atoms with Crippen molar-refractivity contribution in [1.82, 2.24) is 9.97 Å². The first-order valence-electron chi connectivity index (χ1n) is 5.52. The Hall–Kier alpha value is -2.54. The summed E-state index contributed by atoms with van der Waals surface area (Å²) >= 11 is 5.64. The molecule has 7 nitrogen and oxygen atoms in total. The summed E-state index contributed by atoms with van der Waals surface area (Å²) in [6.07, 6.45) is 2.80. The van der Waals surface area contributed by atoms with E-state index >= 15 is 0 Å². The van der Waals surface area contributed by atoms with E-state index in [-0.39, 0.29) is 10.7 Å². The minimum Gasteiger partial charge on any atom is -0.306 e. The van der Waals surface area contributed by atoms with Gasteiger partial charge in [-0.15, -0.1) is 0 Å². The van der Waals surface area contributed by atoms with Crippen molar-refractivity contribution in [2.75, 3.05) is 5.32 Å². The van der Waals surface area contributed by atoms with Crippen LogP contribution in [-0.2, 0) is 0 Å². The van der Waals surface area contributed by atoms with E-state index in [0.29, 0.717) is 5.82 Å². The molecule has 0 fully saturated rings. The zero-order valence-corrected chi connectivity index (χ0v) is 11.1. The van der Waals surface area contributed by atoms with Gasteiger partial charge in [0.1, 0.15) is 11.4 Å². The number of amides is 1. The van der Waals surface area contributed by atoms with Gasteiger partial charge < -0.3 is 5.32 Å². The van der Waals surface area contributed by atoms with Gasteiger partial charge in [0, 0.05) is 12.4 Å². The monoisotopic (exact) mass is 292 g/mol. The Bertz CT molecular complexity index is 673. The third-order valence-corrected chi connectivity index (χ3v) is 2.74. The van der Waals surface area contributed by atoms with E-state index < -0.39 is 16.5 Å². The molecule has 102 valence electrons. The number of rotatable bonds is 3. The van der Waals surface area contributed by atoms with Gasteiger partial charge in [-0.25, -0.2) is 9.97 Å². The maximum Gasteiger partial charge on any atom is 0.319 e. The highest BCUT2D eigenvalue weighted by Crippen LogP contribution is 2.26. The van der Waals surface area contributed by atoms with Crippen molar-refractivity contribution in [3.8, 4) is 0 Å². The molecule has 0 spiro atoms. The largest absolute Gasteiger partial charge is 0.319 e. The van der Waals surface area contributed by atoms with Crippen LogP contribution >= 0.6 is 11.6 Å². The summed E-state index contributed by atoms with van der Waals surface area (Å²) in [4.78, 5) is 29.8. The number of anilines is 1. The summed E-state index contributed by atoms with van der Waals surface area (Å²) in [6, 6.07) is 4.59. The molecule has 20 heavy (non-hydrogen) atoms. The summed E-state index contributed by atoms with van der Waals surface area (Å²) in [7, 11) is 0. The van der Waals surface area contributed by atoms with E-state index in [2.05, 4.69) is 15.3 Å². The van der Waals surface area contributed by atoms with Crippen LogP contribution in [0, 0.1) is 17.0 Å². The molecule has 2 aromatic heterocycles. The zero-order valence-electron chi connectivity index (χ0n) is 10.3. The average Bonchev–Trinajstić information content (AvgIpc) is 2.40. The third kappa shape index (κ3) is 2.89. The number of hydrogen-bond acceptors (Lipinski definition) is 5. The fourth-order valence-corrected chi connectivity index (χ4v) is 1.74. The lowest BCUT2D eigenvalue weighted by Gasteiger charge is -2.05. The standard InChI is InChI=1S/C12H9ClN4O3/c1-7-2-3-9(15-6-7)16-12(18)8-4-5-14-11(13)10(8)17(19)20/h2-6H,1H3,(H,15,16,18). The minimum absolute atomic E-state index is 0.169. The molecule has 2 heterocycles. The molecule has 0 radical (unpaired) electrons. The molecule has 0 atom stereocenters. The fourth-order valence-electron chi connectivity index (χ4n) is 1.51. The van der Waals surface area contributed by atoms with Crippen molar-refractivity contribution >= 4 is 29.0 Å². The quantitative estimate of drug-likeness (QED) is 0.532. The number of halogens is 1. The van der Waals surface area contributed by atoms with Crippen LogP contribution in [0.1, 0.15) is 15.9 Å². The van der Waals surface area contributed by atoms with Crippen LogP contribution in [0.5, 0.6) is 0 Å². The molecule has 0 bridgehead atoms. The van der Waals surface area contributed by atoms with Crippen molar-refractivity contribution in [2.24, 2.45) is 0 Å². The van der Waals surface area contributed by atoms with Gasteiger partial charge in [0.15, 0.2) is 0 Å². The van der Waals surface area contributed by atoms with E-state index in [0.717, 1.165) is 5.56 Å². The lowest BCUT2D eigenvalue weighted by Crippen LogP contribution is -2.15. The number of carbonyl (C=O) groups excluding carboxylic acids is 1. The molecule has 8 heteroatoms. The molecule has 2 rings (SSSR count). The Labute approximate surface area is 118 Å². The van der Waals surface area contributed by atoms with Gasteiger partial charge in [-0.05, 0) is 24.6 Å². The van der Waals surface area contributed by atoms with Crippen molar-refractivity contribution in [3.05, 3.63) is 57.0 Å². The lowest BCUT2D eigenvalue weighted by atomic mass is 10.2. The number of nitrogens with zero attached hydrogens (tertiary/aromatic N) is 3. The number of carbonyl (C=O) groups is 1. The van der Waals surface area contributed by atoms with E-state index in [4.69, 9.17) is 11.6 Å². The predicted molar refractivity (Wildman–Crippen MR) is 72.8 cm³/mol. The van der Waals surface area contributed by atoms with E-state index in [1.807, 2.05) is 6.92 Å². The van der Waals surface area contributed by atoms with E-state index in [1.54, 1.807) is 18.3 Å². The van der Waals surface area contributed by atoms with Crippen LogP contribution in [0.15, 0.2) is 30.6 Å². The molecule has 0 aliphatic rings. The fraction of sp³-hybridized carbons (Fsp3) is 0.0833. The van der Waals surface area contributed by atoms with Crippen molar-refractivity contribution in [3.63, 3.8) is 0 Å². The summed E-state index contributed by atoms with van der Waals surface area (Å²) in [5.41, 5.74) is 0.233. The number of aromatic nitrogens is 2. The average molecular weight is 293 g/mol. The zero-order chi connectivity index (χ0) is 14.7. The lowest BCUT2D eigenvalue weighted by molar-refractivity contribution is -0.385. The number of aryl methyl sites for hydroxylation is 1. The number of nitro groups is 1. The van der Waals surface area contributed by atoms with E-state index in [1.165, 1.54) is 12.3 Å². The maximum atomic E-state index is 12.0. The molecule has 0 aromatic carbocycles. The second-order valence-corrected chi connectivity index (χ2v) is 4.29. The Kier molecular flexibility index (Phi) is 3.90. The second-order valence-electron chi connectivity index (χ2n) is 3.93.